The van der Waals surface area contributed by atoms with Crippen molar-refractivity contribution in [3.8, 4) is 11.6 Å². The highest BCUT2D eigenvalue weighted by Crippen LogP contribution is 2.16. The second-order valence-electron chi connectivity index (χ2n) is 4.72. The van der Waals surface area contributed by atoms with Crippen molar-refractivity contribution in [1.82, 2.24) is 14.5 Å². The third kappa shape index (κ3) is 1.97. The molecule has 0 unspecified atom stereocenters. The van der Waals surface area contributed by atoms with Crippen LogP contribution in [-0.4, -0.2) is 14.5 Å². The largest absolute Gasteiger partial charge is 0.267 e. The molecule has 21 heavy (non-hydrogen) atoms. The van der Waals surface area contributed by atoms with Gasteiger partial charge in [0.15, 0.2) is 5.82 Å². The number of rotatable bonds is 2. The first-order valence-electron chi connectivity index (χ1n) is 6.78. The summed E-state index contributed by atoms with van der Waals surface area (Å²) in [5.41, 5.74) is 2.20. The minimum Gasteiger partial charge on any atom is -0.225 e. The van der Waals surface area contributed by atoms with Crippen molar-refractivity contribution < 1.29 is 4.57 Å². The molecule has 4 nitrogen and oxygen atoms in total. The highest BCUT2D eigenvalue weighted by molar-refractivity contribution is 5.74. The van der Waals surface area contributed by atoms with Crippen LogP contribution >= 0.6 is 0 Å². The van der Waals surface area contributed by atoms with E-state index in [1.165, 1.54) is 0 Å². The Balaban J connectivity index is 2.02. The summed E-state index contributed by atoms with van der Waals surface area (Å²) in [5.74, 6) is 1.78. The van der Waals surface area contributed by atoms with E-state index < -0.39 is 0 Å². The average molecular weight is 273 g/mol. The van der Waals surface area contributed by atoms with Gasteiger partial charge >= 0.3 is 0 Å². The van der Waals surface area contributed by atoms with E-state index in [-0.39, 0.29) is 0 Å². The van der Waals surface area contributed by atoms with Crippen molar-refractivity contribution >= 4 is 11.0 Å². The van der Waals surface area contributed by atoms with Crippen LogP contribution in [0.1, 0.15) is 0 Å². The molecule has 3 aromatic heterocycles. The van der Waals surface area contributed by atoms with Gasteiger partial charge in [-0.1, -0.05) is 24.3 Å². The maximum absolute atomic E-state index is 4.44. The molecule has 0 saturated carbocycles. The number of hydrogen-bond donors (Lipinski definition) is 0. The van der Waals surface area contributed by atoms with Gasteiger partial charge in [-0.05, 0) is 30.3 Å². The normalized spacial score (nSPS) is 10.9. The molecule has 0 aliphatic heterocycles. The number of benzene rings is 1. The number of hydrogen-bond acceptors (Lipinski definition) is 2. The quantitative estimate of drug-likeness (QED) is 0.526. The van der Waals surface area contributed by atoms with Gasteiger partial charge in [0.1, 0.15) is 17.2 Å². The van der Waals surface area contributed by atoms with Crippen LogP contribution in [0.2, 0.25) is 0 Å². The van der Waals surface area contributed by atoms with Gasteiger partial charge < -0.3 is 0 Å². The van der Waals surface area contributed by atoms with Crippen LogP contribution in [0.15, 0.2) is 79.4 Å². The number of nitrogens with zero attached hydrogens (tertiary/aromatic N) is 4. The number of imidazole rings is 1. The summed E-state index contributed by atoms with van der Waals surface area (Å²) in [6.07, 6.45) is 5.62. The Morgan fingerprint density at radius 3 is 2.29 bits per heavy atom. The molecule has 0 atom stereocenters. The van der Waals surface area contributed by atoms with Gasteiger partial charge in [-0.25, -0.2) is 9.55 Å². The highest BCUT2D eigenvalue weighted by Gasteiger charge is 2.17. The second-order valence-corrected chi connectivity index (χ2v) is 4.72. The summed E-state index contributed by atoms with van der Waals surface area (Å²) < 4.78 is 4.15. The van der Waals surface area contributed by atoms with Gasteiger partial charge in [0.25, 0.3) is 5.82 Å². The van der Waals surface area contributed by atoms with Crippen LogP contribution in [-0.2, 0) is 0 Å². The summed E-state index contributed by atoms with van der Waals surface area (Å²) >= 11 is 0. The lowest BCUT2D eigenvalue weighted by Gasteiger charge is -1.96. The molecule has 0 radical (unpaired) electrons. The maximum Gasteiger partial charge on any atom is 0.267 e. The number of fused-ring (bicyclic) bond motifs is 1. The lowest BCUT2D eigenvalue weighted by atomic mass is 10.3. The molecule has 3 heterocycles. The minimum atomic E-state index is 0.892. The zero-order valence-corrected chi connectivity index (χ0v) is 11.3. The molecule has 0 aliphatic carbocycles. The smallest absolute Gasteiger partial charge is 0.225 e. The Kier molecular flexibility index (Phi) is 2.71. The van der Waals surface area contributed by atoms with E-state index in [0.717, 1.165) is 22.7 Å². The second kappa shape index (κ2) is 4.83. The van der Waals surface area contributed by atoms with Gasteiger partial charge in [-0.2, -0.15) is 4.57 Å². The third-order valence-corrected chi connectivity index (χ3v) is 3.42. The monoisotopic (exact) mass is 273 g/mol. The molecule has 0 saturated heterocycles. The predicted molar refractivity (Wildman–Crippen MR) is 80.4 cm³/mol. The maximum atomic E-state index is 4.44. The van der Waals surface area contributed by atoms with E-state index in [2.05, 4.69) is 31.2 Å². The van der Waals surface area contributed by atoms with E-state index in [1.807, 2.05) is 54.9 Å². The summed E-state index contributed by atoms with van der Waals surface area (Å²) in [6, 6.07) is 20.0. The topological polar surface area (TPSA) is 34.6 Å². The molecular formula is C17H13N4+. The Hall–Kier alpha value is -3.01. The van der Waals surface area contributed by atoms with Gasteiger partial charge in [0.2, 0.25) is 6.33 Å². The first-order chi connectivity index (χ1) is 10.4. The van der Waals surface area contributed by atoms with Crippen LogP contribution < -0.4 is 4.57 Å². The number of aromatic nitrogens is 4. The summed E-state index contributed by atoms with van der Waals surface area (Å²) in [4.78, 5) is 8.87. The van der Waals surface area contributed by atoms with Crippen molar-refractivity contribution in [3.05, 3.63) is 79.4 Å². The molecule has 0 amide bonds. The molecule has 100 valence electrons. The molecule has 0 N–H and O–H groups in total. The number of pyridine rings is 2. The van der Waals surface area contributed by atoms with Crippen LogP contribution in [0.5, 0.6) is 0 Å². The molecule has 0 fully saturated rings. The van der Waals surface area contributed by atoms with Crippen LogP contribution in [0.4, 0.5) is 0 Å². The lowest BCUT2D eigenvalue weighted by molar-refractivity contribution is -0.571. The van der Waals surface area contributed by atoms with Crippen LogP contribution in [0.3, 0.4) is 0 Å². The Labute approximate surface area is 122 Å². The summed E-state index contributed by atoms with van der Waals surface area (Å²) in [7, 11) is 0. The lowest BCUT2D eigenvalue weighted by Crippen LogP contribution is -2.30. The molecule has 0 bridgehead atoms. The fraction of sp³-hybridized carbons (Fsp3) is 0. The molecular weight excluding hydrogens is 260 g/mol. The number of para-hydroxylation sites is 2. The minimum absolute atomic E-state index is 0.892. The zero-order valence-electron chi connectivity index (χ0n) is 11.3. The first-order valence-corrected chi connectivity index (χ1v) is 6.78. The Morgan fingerprint density at radius 1 is 0.762 bits per heavy atom. The SMILES string of the molecule is c1ccc(-n2c[n+](-c3ccccn3)c3ccccc32)nc1. The Morgan fingerprint density at radius 2 is 1.52 bits per heavy atom. The summed E-state index contributed by atoms with van der Waals surface area (Å²) in [6.45, 7) is 0. The van der Waals surface area contributed by atoms with Crippen molar-refractivity contribution in [1.29, 1.82) is 0 Å². The molecule has 4 heteroatoms. The van der Waals surface area contributed by atoms with Gasteiger partial charge in [-0.15, -0.1) is 4.98 Å². The van der Waals surface area contributed by atoms with Crippen molar-refractivity contribution in [2.45, 2.75) is 0 Å². The average Bonchev–Trinajstić information content (AvgIpc) is 2.96. The van der Waals surface area contributed by atoms with Crippen LogP contribution in [0, 0.1) is 0 Å². The van der Waals surface area contributed by atoms with Gasteiger partial charge in [0.05, 0.1) is 0 Å². The molecule has 0 spiro atoms. The van der Waals surface area contributed by atoms with Crippen molar-refractivity contribution in [2.75, 3.05) is 0 Å². The van der Waals surface area contributed by atoms with Gasteiger partial charge in [0, 0.05) is 12.3 Å². The Bertz CT molecular complexity index is 809. The zero-order chi connectivity index (χ0) is 14.1. The van der Waals surface area contributed by atoms with Crippen molar-refractivity contribution in [2.24, 2.45) is 0 Å². The predicted octanol–water partition coefficient (Wildman–Crippen LogP) is 2.70. The van der Waals surface area contributed by atoms with E-state index in [0.29, 0.717) is 0 Å². The van der Waals surface area contributed by atoms with E-state index in [9.17, 15) is 0 Å². The molecule has 1 aromatic carbocycles. The van der Waals surface area contributed by atoms with Crippen molar-refractivity contribution in [3.63, 3.8) is 0 Å². The molecule has 0 aliphatic rings. The molecule has 4 aromatic rings. The fourth-order valence-electron chi connectivity index (χ4n) is 2.47. The first kappa shape index (κ1) is 11.8. The summed E-state index contributed by atoms with van der Waals surface area (Å²) in [5, 5.41) is 0. The van der Waals surface area contributed by atoms with E-state index in [4.69, 9.17) is 0 Å². The van der Waals surface area contributed by atoms with Crippen LogP contribution in [0.25, 0.3) is 22.7 Å². The fourth-order valence-corrected chi connectivity index (χ4v) is 2.47. The standard InChI is InChI=1S/C17H13N4/c1-2-8-15-14(7-1)20(16-9-3-5-11-18-16)13-21(15)17-10-4-6-12-19-17/h1-13H/q+1. The van der Waals surface area contributed by atoms with E-state index in [1.54, 1.807) is 12.4 Å². The highest BCUT2D eigenvalue weighted by atomic mass is 15.2. The molecule has 4 rings (SSSR count). The van der Waals surface area contributed by atoms with E-state index >= 15 is 0 Å². The van der Waals surface area contributed by atoms with Gasteiger partial charge in [-0.3, -0.25) is 0 Å². The third-order valence-electron chi connectivity index (χ3n) is 3.42.